The molecule has 13 nitrogen and oxygen atoms in total. The molecular formula is C45H44N8O5. The average Bonchev–Trinajstić information content (AvgIpc) is 3.78. The molecule has 3 amide bonds. The largest absolute Gasteiger partial charge is 0.399 e. The topological polar surface area (TPSA) is 202 Å². The second kappa shape index (κ2) is 17.0. The number of hydrogen-bond acceptors (Lipinski definition) is 9. The van der Waals surface area contributed by atoms with Crippen LogP contribution in [0, 0.1) is 5.92 Å². The molecule has 1 unspecified atom stereocenters. The molecule has 0 saturated carbocycles. The van der Waals surface area contributed by atoms with E-state index in [2.05, 4.69) is 20.9 Å². The van der Waals surface area contributed by atoms with E-state index in [0.717, 1.165) is 5.56 Å². The lowest BCUT2D eigenvalue weighted by Crippen LogP contribution is -2.44. The Balaban J connectivity index is 1.11. The van der Waals surface area contributed by atoms with Crippen LogP contribution in [-0.2, 0) is 23.5 Å². The van der Waals surface area contributed by atoms with Crippen LogP contribution in [0.1, 0.15) is 62.4 Å². The standard InChI is InChI=1S/C45H44N8O5/c1-29(8-5-6-23-52-27-40(50-51-52)38(28-54)31-10-3-2-4-11-31)45(58)39-25-37(49-43(56)33-15-19-35(47)20-16-33)21-22-41(39)53(44(45)57)26-30-9-7-12-36(24-30)48-42(55)32-13-17-34(46)18-14-32/h2-5,7-22,24-25,27,29,38,54,58H,6,23,26,28,46-47H2,1H3,(H,48,55)(H,49,56)/b8-5+/t29-,38?,45+/m0/s1. The Morgan fingerprint density at radius 3 is 2.10 bits per heavy atom. The Kier molecular flexibility index (Phi) is 11.4. The second-order valence-corrected chi connectivity index (χ2v) is 14.3. The molecule has 2 heterocycles. The van der Waals surface area contributed by atoms with Gasteiger partial charge in [0.25, 0.3) is 17.7 Å². The van der Waals surface area contributed by atoms with Crippen molar-refractivity contribution in [1.29, 1.82) is 0 Å². The number of carbonyl (C=O) groups is 3. The highest BCUT2D eigenvalue weighted by Crippen LogP contribution is 2.47. The molecule has 0 saturated heterocycles. The number of nitrogens with two attached hydrogens (primary N) is 2. The summed E-state index contributed by atoms with van der Waals surface area (Å²) in [5.74, 6) is -2.21. The lowest BCUT2D eigenvalue weighted by Gasteiger charge is -2.28. The van der Waals surface area contributed by atoms with Crippen molar-refractivity contribution in [3.8, 4) is 0 Å². The fraction of sp³-hybridized carbons (Fsp3) is 0.178. The van der Waals surface area contributed by atoms with Gasteiger partial charge in [-0.3, -0.25) is 19.1 Å². The molecule has 0 fully saturated rings. The van der Waals surface area contributed by atoms with Gasteiger partial charge in [-0.1, -0.05) is 66.8 Å². The summed E-state index contributed by atoms with van der Waals surface area (Å²) in [6, 6.07) is 34.9. The summed E-state index contributed by atoms with van der Waals surface area (Å²) in [6.07, 6.45) is 6.03. The van der Waals surface area contributed by atoms with Crippen LogP contribution in [0.3, 0.4) is 0 Å². The van der Waals surface area contributed by atoms with Gasteiger partial charge in [-0.05, 0) is 96.4 Å². The highest BCUT2D eigenvalue weighted by Gasteiger charge is 2.52. The van der Waals surface area contributed by atoms with Gasteiger partial charge < -0.3 is 37.2 Å². The number of anilines is 5. The van der Waals surface area contributed by atoms with Gasteiger partial charge in [0.05, 0.1) is 30.5 Å². The van der Waals surface area contributed by atoms with E-state index in [9.17, 15) is 24.6 Å². The molecule has 6 aromatic rings. The third-order valence-corrected chi connectivity index (χ3v) is 10.3. The quantitative estimate of drug-likeness (QED) is 0.0560. The van der Waals surface area contributed by atoms with E-state index >= 15 is 0 Å². The molecule has 0 radical (unpaired) electrons. The zero-order chi connectivity index (χ0) is 40.8. The van der Waals surface area contributed by atoms with Crippen molar-refractivity contribution in [2.24, 2.45) is 5.92 Å². The molecule has 0 bridgehead atoms. The minimum Gasteiger partial charge on any atom is -0.399 e. The minimum atomic E-state index is -1.99. The molecule has 5 aromatic carbocycles. The number of aliphatic hydroxyl groups is 2. The summed E-state index contributed by atoms with van der Waals surface area (Å²) in [6.45, 7) is 2.24. The number of aryl methyl sites for hydroxylation is 1. The van der Waals surface area contributed by atoms with E-state index in [4.69, 9.17) is 11.5 Å². The van der Waals surface area contributed by atoms with E-state index in [1.807, 2.05) is 48.7 Å². The van der Waals surface area contributed by atoms with E-state index < -0.39 is 17.4 Å². The molecule has 1 aliphatic heterocycles. The Labute approximate surface area is 335 Å². The Bertz CT molecular complexity index is 2450. The van der Waals surface area contributed by atoms with Crippen LogP contribution in [0.2, 0.25) is 0 Å². The number of amides is 3. The first-order chi connectivity index (χ1) is 28.0. The molecule has 7 rings (SSSR count). The van der Waals surface area contributed by atoms with Crippen molar-refractivity contribution < 1.29 is 24.6 Å². The first kappa shape index (κ1) is 39.2. The van der Waals surface area contributed by atoms with Gasteiger partial charge in [0.1, 0.15) is 0 Å². The molecule has 0 spiro atoms. The molecule has 1 aliphatic rings. The number of hydrogen-bond donors (Lipinski definition) is 6. The van der Waals surface area contributed by atoms with E-state index in [1.165, 1.54) is 4.90 Å². The van der Waals surface area contributed by atoms with Gasteiger partial charge in [-0.2, -0.15) is 0 Å². The second-order valence-electron chi connectivity index (χ2n) is 14.3. The van der Waals surface area contributed by atoms with Gasteiger partial charge in [-0.25, -0.2) is 0 Å². The van der Waals surface area contributed by atoms with E-state index in [-0.39, 0.29) is 30.9 Å². The van der Waals surface area contributed by atoms with E-state index in [0.29, 0.717) is 69.4 Å². The number of nitrogens with one attached hydrogen (secondary N) is 2. The number of carbonyl (C=O) groups excluding carboxylic acids is 3. The lowest BCUT2D eigenvalue weighted by molar-refractivity contribution is -0.139. The van der Waals surface area contributed by atoms with Crippen molar-refractivity contribution in [3.05, 3.63) is 173 Å². The number of aliphatic hydroxyl groups excluding tert-OH is 1. The molecule has 58 heavy (non-hydrogen) atoms. The monoisotopic (exact) mass is 776 g/mol. The summed E-state index contributed by atoms with van der Waals surface area (Å²) in [5.41, 5.74) is 15.6. The number of nitrogens with zero attached hydrogens (tertiary/aromatic N) is 4. The fourth-order valence-electron chi connectivity index (χ4n) is 7.07. The van der Waals surface area contributed by atoms with Gasteiger partial charge >= 0.3 is 0 Å². The number of aromatic nitrogens is 3. The van der Waals surface area contributed by atoms with E-state index in [1.54, 1.807) is 103 Å². The van der Waals surface area contributed by atoms with Gasteiger partial charge in [0.15, 0.2) is 5.60 Å². The highest BCUT2D eigenvalue weighted by atomic mass is 16.3. The third-order valence-electron chi connectivity index (χ3n) is 10.3. The Hall–Kier alpha value is -7.09. The van der Waals surface area contributed by atoms with Crippen molar-refractivity contribution in [3.63, 3.8) is 0 Å². The molecule has 8 N–H and O–H groups in total. The number of nitrogen functional groups attached to an aromatic ring is 2. The molecule has 13 heteroatoms. The van der Waals surface area contributed by atoms with Gasteiger partial charge in [0, 0.05) is 58.1 Å². The summed E-state index contributed by atoms with van der Waals surface area (Å²) in [7, 11) is 0. The third kappa shape index (κ3) is 8.36. The zero-order valence-corrected chi connectivity index (χ0v) is 31.8. The summed E-state index contributed by atoms with van der Waals surface area (Å²) < 4.78 is 1.70. The van der Waals surface area contributed by atoms with Gasteiger partial charge in [-0.15, -0.1) is 5.10 Å². The normalized spacial score (nSPS) is 15.9. The number of benzene rings is 5. The van der Waals surface area contributed by atoms with Gasteiger partial charge in [0.2, 0.25) is 0 Å². The van der Waals surface area contributed by atoms with Crippen molar-refractivity contribution in [1.82, 2.24) is 15.0 Å². The van der Waals surface area contributed by atoms with Crippen molar-refractivity contribution in [2.45, 2.75) is 38.0 Å². The smallest absolute Gasteiger partial charge is 0.264 e. The zero-order valence-electron chi connectivity index (χ0n) is 31.8. The maximum absolute atomic E-state index is 14.5. The molecule has 1 aromatic heterocycles. The average molecular weight is 777 g/mol. The summed E-state index contributed by atoms with van der Waals surface area (Å²) in [4.78, 5) is 42.1. The summed E-state index contributed by atoms with van der Waals surface area (Å²) >= 11 is 0. The number of fused-ring (bicyclic) bond motifs is 1. The van der Waals surface area contributed by atoms with Crippen LogP contribution in [0.4, 0.5) is 28.4 Å². The van der Waals surface area contributed by atoms with Crippen LogP contribution in [-0.4, -0.2) is 49.5 Å². The molecule has 3 atom stereocenters. The first-order valence-electron chi connectivity index (χ1n) is 18.9. The van der Waals surface area contributed by atoms with Crippen LogP contribution in [0.25, 0.3) is 0 Å². The number of allylic oxidation sites excluding steroid dienone is 1. The summed E-state index contributed by atoms with van der Waals surface area (Å²) in [5, 5.41) is 36.9. The molecule has 0 aliphatic carbocycles. The molecule has 294 valence electrons. The van der Waals surface area contributed by atoms with Crippen LogP contribution in [0.5, 0.6) is 0 Å². The lowest BCUT2D eigenvalue weighted by atomic mass is 9.82. The number of rotatable bonds is 14. The minimum absolute atomic E-state index is 0.0970. The Morgan fingerprint density at radius 2 is 1.47 bits per heavy atom. The fourth-order valence-corrected chi connectivity index (χ4v) is 7.07. The van der Waals surface area contributed by atoms with Crippen LogP contribution in [0.15, 0.2) is 140 Å². The molecular weight excluding hydrogens is 733 g/mol. The highest BCUT2D eigenvalue weighted by molar-refractivity contribution is 6.09. The van der Waals surface area contributed by atoms with Crippen LogP contribution >= 0.6 is 0 Å². The first-order valence-corrected chi connectivity index (χ1v) is 18.9. The predicted octanol–water partition coefficient (Wildman–Crippen LogP) is 6.09. The van der Waals surface area contributed by atoms with Crippen LogP contribution < -0.4 is 27.0 Å². The van der Waals surface area contributed by atoms with Crippen molar-refractivity contribution in [2.75, 3.05) is 33.6 Å². The maximum Gasteiger partial charge on any atom is 0.264 e. The van der Waals surface area contributed by atoms with Crippen molar-refractivity contribution >= 4 is 46.2 Å². The SMILES string of the molecule is C[C@@H](/C=C/CCn1cc(C(CO)c2ccccc2)nn1)[C@]1(O)C(=O)N(Cc2cccc(NC(=O)c3ccc(N)cc3)c2)c2ccc(NC(=O)c3ccc(N)cc3)cc21. The Morgan fingerprint density at radius 1 is 0.828 bits per heavy atom. The predicted molar refractivity (Wildman–Crippen MR) is 224 cm³/mol. The maximum atomic E-state index is 14.5.